The molecule has 1 atom stereocenters. The van der Waals surface area contributed by atoms with Crippen molar-refractivity contribution in [3.8, 4) is 0 Å². The number of nitrogens with one attached hydrogen (secondary N) is 1. The van der Waals surface area contributed by atoms with Crippen molar-refractivity contribution in [2.24, 2.45) is 5.73 Å². The summed E-state index contributed by atoms with van der Waals surface area (Å²) in [7, 11) is 0. The summed E-state index contributed by atoms with van der Waals surface area (Å²) in [4.78, 5) is 11.6. The van der Waals surface area contributed by atoms with Crippen molar-refractivity contribution in [2.75, 3.05) is 5.32 Å². The molecule has 2 aromatic rings. The molecule has 8 heteroatoms. The molecule has 5 nitrogen and oxygen atoms in total. The summed E-state index contributed by atoms with van der Waals surface area (Å²) in [6.07, 6.45) is 0.284. The van der Waals surface area contributed by atoms with Crippen LogP contribution in [0.25, 0.3) is 0 Å². The van der Waals surface area contributed by atoms with Crippen LogP contribution in [0, 0.1) is 0 Å². The van der Waals surface area contributed by atoms with Crippen LogP contribution in [0.15, 0.2) is 34.7 Å². The Bertz CT molecular complexity index is 562. The van der Waals surface area contributed by atoms with Crippen molar-refractivity contribution in [1.29, 1.82) is 0 Å². The second kappa shape index (κ2) is 8.99. The number of thioether (sulfide) groups is 1. The van der Waals surface area contributed by atoms with Crippen LogP contribution in [0.4, 0.5) is 5.13 Å². The van der Waals surface area contributed by atoms with Gasteiger partial charge < -0.3 is 11.1 Å². The first-order valence-corrected chi connectivity index (χ1v) is 7.99. The Balaban J connectivity index is 0.00000220. The number of rotatable bonds is 6. The van der Waals surface area contributed by atoms with Gasteiger partial charge in [-0.3, -0.25) is 4.79 Å². The molecule has 1 aromatic heterocycles. The average molecular weight is 345 g/mol. The normalized spacial score (nSPS) is 11.5. The van der Waals surface area contributed by atoms with Crippen LogP contribution in [0.3, 0.4) is 0 Å². The minimum atomic E-state index is -0.158. The zero-order valence-electron chi connectivity index (χ0n) is 11.5. The van der Waals surface area contributed by atoms with Crippen LogP contribution in [0.1, 0.15) is 18.9 Å². The molecule has 2 rings (SSSR count). The summed E-state index contributed by atoms with van der Waals surface area (Å²) in [6.45, 7) is 1.79. The molecule has 1 unspecified atom stereocenters. The Kier molecular flexibility index (Phi) is 7.66. The summed E-state index contributed by atoms with van der Waals surface area (Å²) in [6, 6.07) is 9.99. The van der Waals surface area contributed by atoms with Crippen LogP contribution in [-0.4, -0.2) is 22.1 Å². The van der Waals surface area contributed by atoms with E-state index in [2.05, 4.69) is 27.6 Å². The van der Waals surface area contributed by atoms with Gasteiger partial charge in [0, 0.05) is 18.2 Å². The quantitative estimate of drug-likeness (QED) is 0.622. The highest BCUT2D eigenvalue weighted by atomic mass is 35.5. The SMILES string of the molecule is CC(N)CC(=O)Nc1nnc(SCc2ccccc2)s1.Cl. The summed E-state index contributed by atoms with van der Waals surface area (Å²) in [5.74, 6) is 0.708. The molecule has 0 saturated carbocycles. The number of carbonyl (C=O) groups is 1. The monoisotopic (exact) mass is 344 g/mol. The third-order valence-electron chi connectivity index (χ3n) is 2.37. The second-order valence-electron chi connectivity index (χ2n) is 4.38. The number of carbonyl (C=O) groups excluding carboxylic acids is 1. The fourth-order valence-electron chi connectivity index (χ4n) is 1.50. The third kappa shape index (κ3) is 6.43. The summed E-state index contributed by atoms with van der Waals surface area (Å²) >= 11 is 2.98. The van der Waals surface area contributed by atoms with Crippen molar-refractivity contribution < 1.29 is 4.79 Å². The first-order chi connectivity index (χ1) is 9.63. The van der Waals surface area contributed by atoms with E-state index < -0.39 is 0 Å². The van der Waals surface area contributed by atoms with E-state index in [0.29, 0.717) is 5.13 Å². The predicted molar refractivity (Wildman–Crippen MR) is 90.1 cm³/mol. The molecule has 1 heterocycles. The van der Waals surface area contributed by atoms with Crippen LogP contribution >= 0.6 is 35.5 Å². The number of amides is 1. The lowest BCUT2D eigenvalue weighted by atomic mass is 10.2. The van der Waals surface area contributed by atoms with Crippen LogP contribution in [0.5, 0.6) is 0 Å². The molecule has 0 spiro atoms. The van der Waals surface area contributed by atoms with Gasteiger partial charge in [0.15, 0.2) is 4.34 Å². The Labute approximate surface area is 138 Å². The third-order valence-corrected chi connectivity index (χ3v) is 4.41. The lowest BCUT2D eigenvalue weighted by Gasteiger charge is -2.03. The molecule has 0 saturated heterocycles. The molecule has 0 aliphatic heterocycles. The Morgan fingerprint density at radius 1 is 1.38 bits per heavy atom. The first kappa shape index (κ1) is 17.9. The topological polar surface area (TPSA) is 80.9 Å². The largest absolute Gasteiger partial charge is 0.327 e. The fourth-order valence-corrected chi connectivity index (χ4v) is 3.22. The van der Waals surface area contributed by atoms with Gasteiger partial charge in [0.05, 0.1) is 0 Å². The highest BCUT2D eigenvalue weighted by molar-refractivity contribution is 8.00. The highest BCUT2D eigenvalue weighted by Crippen LogP contribution is 2.28. The van der Waals surface area contributed by atoms with Crippen molar-refractivity contribution >= 4 is 46.5 Å². The van der Waals surface area contributed by atoms with E-state index in [9.17, 15) is 4.79 Å². The number of hydrogen-bond donors (Lipinski definition) is 2. The molecular weight excluding hydrogens is 328 g/mol. The van der Waals surface area contributed by atoms with Crippen molar-refractivity contribution in [2.45, 2.75) is 29.5 Å². The standard InChI is InChI=1S/C13H16N4OS2.ClH/c1-9(14)7-11(18)15-12-16-17-13(20-12)19-8-10-5-3-2-4-6-10;/h2-6,9H,7-8,14H2,1H3,(H,15,16,18);1H. The Morgan fingerprint density at radius 3 is 2.76 bits per heavy atom. The van der Waals surface area contributed by atoms with Crippen molar-refractivity contribution in [1.82, 2.24) is 10.2 Å². The number of nitrogens with zero attached hydrogens (tertiary/aromatic N) is 2. The zero-order valence-corrected chi connectivity index (χ0v) is 13.9. The fraction of sp³-hybridized carbons (Fsp3) is 0.308. The van der Waals surface area contributed by atoms with E-state index in [0.717, 1.165) is 10.1 Å². The maximum Gasteiger partial charge on any atom is 0.227 e. The van der Waals surface area contributed by atoms with E-state index >= 15 is 0 Å². The maximum atomic E-state index is 11.6. The first-order valence-electron chi connectivity index (χ1n) is 6.19. The van der Waals surface area contributed by atoms with Gasteiger partial charge in [-0.15, -0.1) is 22.6 Å². The Morgan fingerprint density at radius 2 is 2.10 bits per heavy atom. The molecule has 0 aliphatic carbocycles. The van der Waals surface area contributed by atoms with Gasteiger partial charge >= 0.3 is 0 Å². The predicted octanol–water partition coefficient (Wildman–Crippen LogP) is 2.93. The van der Waals surface area contributed by atoms with Crippen LogP contribution in [-0.2, 0) is 10.5 Å². The molecule has 3 N–H and O–H groups in total. The van der Waals surface area contributed by atoms with Crippen LogP contribution < -0.4 is 11.1 Å². The van der Waals surface area contributed by atoms with Gasteiger partial charge in [0.2, 0.25) is 11.0 Å². The number of hydrogen-bond acceptors (Lipinski definition) is 6. The molecule has 1 amide bonds. The Hall–Kier alpha value is -1.15. The molecule has 0 aliphatic rings. The van der Waals surface area contributed by atoms with Crippen LogP contribution in [0.2, 0.25) is 0 Å². The molecule has 114 valence electrons. The van der Waals surface area contributed by atoms with E-state index in [-0.39, 0.29) is 30.8 Å². The van der Waals surface area contributed by atoms with E-state index in [4.69, 9.17) is 5.73 Å². The number of anilines is 1. The minimum absolute atomic E-state index is 0. The lowest BCUT2D eigenvalue weighted by Crippen LogP contribution is -2.23. The van der Waals surface area contributed by atoms with E-state index in [1.807, 2.05) is 18.2 Å². The minimum Gasteiger partial charge on any atom is -0.327 e. The molecular formula is C13H17ClN4OS2. The van der Waals surface area contributed by atoms with Gasteiger partial charge in [-0.05, 0) is 12.5 Å². The number of halogens is 1. The van der Waals surface area contributed by atoms with Gasteiger partial charge in [0.1, 0.15) is 0 Å². The second-order valence-corrected chi connectivity index (χ2v) is 6.58. The smallest absolute Gasteiger partial charge is 0.227 e. The molecule has 0 bridgehead atoms. The molecule has 0 radical (unpaired) electrons. The number of aromatic nitrogens is 2. The zero-order chi connectivity index (χ0) is 14.4. The van der Waals surface area contributed by atoms with Crippen molar-refractivity contribution in [3.05, 3.63) is 35.9 Å². The van der Waals surface area contributed by atoms with Crippen molar-refractivity contribution in [3.63, 3.8) is 0 Å². The lowest BCUT2D eigenvalue weighted by molar-refractivity contribution is -0.116. The highest BCUT2D eigenvalue weighted by Gasteiger charge is 2.10. The van der Waals surface area contributed by atoms with Gasteiger partial charge in [-0.2, -0.15) is 0 Å². The number of benzene rings is 1. The van der Waals surface area contributed by atoms with Gasteiger partial charge in [-0.1, -0.05) is 53.4 Å². The van der Waals surface area contributed by atoms with E-state index in [1.54, 1.807) is 18.7 Å². The van der Waals surface area contributed by atoms with Gasteiger partial charge in [-0.25, -0.2) is 0 Å². The maximum absolute atomic E-state index is 11.6. The van der Waals surface area contributed by atoms with E-state index in [1.165, 1.54) is 16.9 Å². The van der Waals surface area contributed by atoms with Gasteiger partial charge in [0.25, 0.3) is 0 Å². The molecule has 21 heavy (non-hydrogen) atoms. The molecule has 0 fully saturated rings. The molecule has 1 aromatic carbocycles. The summed E-state index contributed by atoms with van der Waals surface area (Å²) < 4.78 is 0.838. The average Bonchev–Trinajstić information content (AvgIpc) is 2.84. The summed E-state index contributed by atoms with van der Waals surface area (Å²) in [5, 5.41) is 11.2. The summed E-state index contributed by atoms with van der Waals surface area (Å²) in [5.41, 5.74) is 6.80. The number of nitrogens with two attached hydrogens (primary N) is 1.